The van der Waals surface area contributed by atoms with E-state index in [1.54, 1.807) is 6.92 Å². The predicted molar refractivity (Wildman–Crippen MR) is 86.9 cm³/mol. The van der Waals surface area contributed by atoms with Gasteiger partial charge in [0.15, 0.2) is 0 Å². The first-order valence-corrected chi connectivity index (χ1v) is 8.88. The number of aliphatic hydroxyl groups is 2. The molecule has 0 aliphatic heterocycles. The zero-order chi connectivity index (χ0) is 15.3. The quantitative estimate of drug-likeness (QED) is 0.804. The molecule has 0 bridgehead atoms. The normalized spacial score (nSPS) is 14.6. The minimum Gasteiger partial charge on any atom is -0.396 e. The van der Waals surface area contributed by atoms with E-state index >= 15 is 0 Å². The Bertz CT molecular complexity index is 554. The molecular formula is C17H21O3P. The minimum absolute atomic E-state index is 0.116. The van der Waals surface area contributed by atoms with Crippen LogP contribution in [-0.2, 0) is 4.57 Å². The van der Waals surface area contributed by atoms with Gasteiger partial charge in [0.1, 0.15) is 7.14 Å². The fourth-order valence-corrected chi connectivity index (χ4v) is 5.64. The van der Waals surface area contributed by atoms with E-state index in [1.165, 1.54) is 0 Å². The van der Waals surface area contributed by atoms with Crippen molar-refractivity contribution in [3.8, 4) is 0 Å². The van der Waals surface area contributed by atoms with Gasteiger partial charge in [0.2, 0.25) is 0 Å². The molecule has 4 heteroatoms. The van der Waals surface area contributed by atoms with Gasteiger partial charge in [-0.3, -0.25) is 0 Å². The van der Waals surface area contributed by atoms with Crippen LogP contribution in [0.1, 0.15) is 13.3 Å². The molecule has 2 aromatic rings. The van der Waals surface area contributed by atoms with Crippen LogP contribution >= 0.6 is 7.14 Å². The Morgan fingerprint density at radius 1 is 0.952 bits per heavy atom. The van der Waals surface area contributed by atoms with Crippen LogP contribution < -0.4 is 10.6 Å². The van der Waals surface area contributed by atoms with Gasteiger partial charge in [-0.05, 0) is 6.42 Å². The summed E-state index contributed by atoms with van der Waals surface area (Å²) in [7, 11) is -2.96. The van der Waals surface area contributed by atoms with Crippen molar-refractivity contribution < 1.29 is 14.8 Å². The van der Waals surface area contributed by atoms with E-state index in [4.69, 9.17) is 5.11 Å². The lowest BCUT2D eigenvalue weighted by atomic mass is 10.2. The van der Waals surface area contributed by atoms with E-state index in [2.05, 4.69) is 0 Å². The van der Waals surface area contributed by atoms with Crippen molar-refractivity contribution in [2.45, 2.75) is 25.1 Å². The minimum atomic E-state index is -2.96. The highest BCUT2D eigenvalue weighted by Crippen LogP contribution is 2.50. The van der Waals surface area contributed by atoms with Crippen molar-refractivity contribution in [2.75, 3.05) is 6.61 Å². The topological polar surface area (TPSA) is 57.5 Å². The summed E-state index contributed by atoms with van der Waals surface area (Å²) in [5, 5.41) is 20.8. The third kappa shape index (κ3) is 3.26. The Labute approximate surface area is 125 Å². The summed E-state index contributed by atoms with van der Waals surface area (Å²) >= 11 is 0. The van der Waals surface area contributed by atoms with Gasteiger partial charge in [0.05, 0.1) is 6.10 Å². The third-order valence-electron chi connectivity index (χ3n) is 3.83. The first kappa shape index (κ1) is 16.0. The molecule has 2 aromatic carbocycles. The van der Waals surface area contributed by atoms with Crippen molar-refractivity contribution in [2.24, 2.45) is 0 Å². The molecule has 0 spiro atoms. The van der Waals surface area contributed by atoms with Gasteiger partial charge in [-0.2, -0.15) is 0 Å². The van der Waals surface area contributed by atoms with E-state index < -0.39 is 18.9 Å². The summed E-state index contributed by atoms with van der Waals surface area (Å²) in [5.74, 6) is 0. The monoisotopic (exact) mass is 304 g/mol. The zero-order valence-corrected chi connectivity index (χ0v) is 13.0. The van der Waals surface area contributed by atoms with Crippen LogP contribution in [0.2, 0.25) is 0 Å². The smallest absolute Gasteiger partial charge is 0.148 e. The molecule has 112 valence electrons. The molecular weight excluding hydrogens is 283 g/mol. The summed E-state index contributed by atoms with van der Waals surface area (Å²) in [6.45, 7) is 1.68. The van der Waals surface area contributed by atoms with E-state index in [0.717, 1.165) is 10.6 Å². The maximum Gasteiger partial charge on any atom is 0.148 e. The van der Waals surface area contributed by atoms with Crippen LogP contribution in [0.15, 0.2) is 60.7 Å². The molecule has 0 saturated heterocycles. The molecule has 0 aliphatic rings. The zero-order valence-electron chi connectivity index (χ0n) is 12.1. The SMILES string of the molecule is C[C@@H]([C@H](O)CCO)P(=O)(c1ccccc1)c1ccccc1. The Kier molecular flexibility index (Phi) is 5.35. The second-order valence-electron chi connectivity index (χ2n) is 5.15. The van der Waals surface area contributed by atoms with E-state index in [1.807, 2.05) is 60.7 Å². The average molecular weight is 304 g/mol. The maximum absolute atomic E-state index is 13.8. The van der Waals surface area contributed by atoms with Gasteiger partial charge in [0, 0.05) is 22.9 Å². The molecule has 21 heavy (non-hydrogen) atoms. The Balaban J connectivity index is 2.53. The number of aliphatic hydroxyl groups excluding tert-OH is 2. The number of hydrogen-bond donors (Lipinski definition) is 2. The molecule has 2 N–H and O–H groups in total. The third-order valence-corrected chi connectivity index (χ3v) is 7.46. The lowest BCUT2D eigenvalue weighted by Gasteiger charge is -2.29. The van der Waals surface area contributed by atoms with E-state index in [0.29, 0.717) is 0 Å². The van der Waals surface area contributed by atoms with Crippen LogP contribution in [0.5, 0.6) is 0 Å². The van der Waals surface area contributed by atoms with Gasteiger partial charge in [-0.1, -0.05) is 67.6 Å². The van der Waals surface area contributed by atoms with Crippen molar-refractivity contribution in [1.82, 2.24) is 0 Å². The molecule has 0 unspecified atom stereocenters. The molecule has 2 rings (SSSR count). The fourth-order valence-electron chi connectivity index (χ4n) is 2.53. The number of rotatable bonds is 6. The van der Waals surface area contributed by atoms with Gasteiger partial charge in [-0.25, -0.2) is 0 Å². The van der Waals surface area contributed by atoms with Crippen LogP contribution in [0, 0.1) is 0 Å². The van der Waals surface area contributed by atoms with Gasteiger partial charge in [0.25, 0.3) is 0 Å². The first-order chi connectivity index (χ1) is 10.1. The molecule has 2 atom stereocenters. The van der Waals surface area contributed by atoms with Gasteiger partial charge < -0.3 is 14.8 Å². The lowest BCUT2D eigenvalue weighted by Crippen LogP contribution is -2.33. The van der Waals surface area contributed by atoms with Crippen molar-refractivity contribution >= 4 is 17.8 Å². The average Bonchev–Trinajstić information content (AvgIpc) is 2.55. The van der Waals surface area contributed by atoms with Gasteiger partial charge >= 0.3 is 0 Å². The summed E-state index contributed by atoms with van der Waals surface area (Å²) in [6, 6.07) is 18.6. The Morgan fingerprint density at radius 3 is 1.76 bits per heavy atom. The first-order valence-electron chi connectivity index (χ1n) is 7.10. The van der Waals surface area contributed by atoms with Crippen LogP contribution in [-0.4, -0.2) is 28.6 Å². The molecule has 0 fully saturated rings. The van der Waals surface area contributed by atoms with Crippen molar-refractivity contribution in [3.05, 3.63) is 60.7 Å². The second-order valence-corrected chi connectivity index (χ2v) is 8.31. The van der Waals surface area contributed by atoms with E-state index in [9.17, 15) is 9.67 Å². The molecule has 0 radical (unpaired) electrons. The highest BCUT2D eigenvalue weighted by molar-refractivity contribution is 7.79. The van der Waals surface area contributed by atoms with E-state index in [-0.39, 0.29) is 13.0 Å². The molecule has 0 amide bonds. The highest BCUT2D eigenvalue weighted by Gasteiger charge is 2.37. The van der Waals surface area contributed by atoms with Crippen molar-refractivity contribution in [1.29, 1.82) is 0 Å². The second kappa shape index (κ2) is 7.04. The molecule has 3 nitrogen and oxygen atoms in total. The molecule has 0 saturated carbocycles. The number of hydrogen-bond acceptors (Lipinski definition) is 3. The van der Waals surface area contributed by atoms with Gasteiger partial charge in [-0.15, -0.1) is 0 Å². The summed E-state index contributed by atoms with van der Waals surface area (Å²) < 4.78 is 13.8. The summed E-state index contributed by atoms with van der Waals surface area (Å²) in [6.07, 6.45) is -0.577. The summed E-state index contributed by atoms with van der Waals surface area (Å²) in [4.78, 5) is 0. The number of benzene rings is 2. The lowest BCUT2D eigenvalue weighted by molar-refractivity contribution is 0.132. The van der Waals surface area contributed by atoms with Crippen molar-refractivity contribution in [3.63, 3.8) is 0 Å². The predicted octanol–water partition coefficient (Wildman–Crippen LogP) is 2.13. The largest absolute Gasteiger partial charge is 0.396 e. The fraction of sp³-hybridized carbons (Fsp3) is 0.294. The highest BCUT2D eigenvalue weighted by atomic mass is 31.2. The Hall–Kier alpha value is -1.41. The van der Waals surface area contributed by atoms with Crippen LogP contribution in [0.4, 0.5) is 0 Å². The maximum atomic E-state index is 13.8. The standard InChI is InChI=1S/C17H21O3P/c1-14(17(19)12-13-18)21(20,15-8-4-2-5-9-15)16-10-6-3-7-11-16/h2-11,14,17-19H,12-13H2,1H3/t14-,17+/m0/s1. The van der Waals surface area contributed by atoms with Crippen LogP contribution in [0.25, 0.3) is 0 Å². The molecule has 0 aromatic heterocycles. The molecule has 0 heterocycles. The molecule has 0 aliphatic carbocycles. The Morgan fingerprint density at radius 2 is 1.38 bits per heavy atom. The van der Waals surface area contributed by atoms with Crippen LogP contribution in [0.3, 0.4) is 0 Å². The summed E-state index contributed by atoms with van der Waals surface area (Å²) in [5.41, 5.74) is -0.450.